The zero-order chi connectivity index (χ0) is 19.7. The second-order valence-corrected chi connectivity index (χ2v) is 6.85. The molecule has 0 spiro atoms. The molecule has 1 aromatic heterocycles. The van der Waals surface area contributed by atoms with Gasteiger partial charge in [-0.1, -0.05) is 0 Å². The highest BCUT2D eigenvalue weighted by molar-refractivity contribution is 5.95. The van der Waals surface area contributed by atoms with Crippen molar-refractivity contribution in [2.45, 2.75) is 57.7 Å². The van der Waals surface area contributed by atoms with Gasteiger partial charge in [0.2, 0.25) is 11.9 Å². The smallest absolute Gasteiger partial charge is 0.411 e. The van der Waals surface area contributed by atoms with E-state index in [2.05, 4.69) is 15.4 Å². The van der Waals surface area contributed by atoms with Gasteiger partial charge in [0.1, 0.15) is 30.7 Å². The summed E-state index contributed by atoms with van der Waals surface area (Å²) in [6, 6.07) is -1.17. The van der Waals surface area contributed by atoms with Gasteiger partial charge < -0.3 is 4.74 Å². The van der Waals surface area contributed by atoms with E-state index < -0.39 is 42.5 Å². The van der Waals surface area contributed by atoms with Crippen molar-refractivity contribution in [1.29, 1.82) is 0 Å². The maximum absolute atomic E-state index is 13.7. The number of rotatable bonds is 3. The second kappa shape index (κ2) is 7.08. The van der Waals surface area contributed by atoms with Gasteiger partial charge in [0, 0.05) is 6.42 Å². The molecule has 1 fully saturated rings. The molecule has 26 heavy (non-hydrogen) atoms. The average molecular weight is 381 g/mol. The van der Waals surface area contributed by atoms with Crippen LogP contribution in [-0.4, -0.2) is 62.2 Å². The number of aromatic nitrogens is 3. The Morgan fingerprint density at radius 3 is 2.58 bits per heavy atom. The fourth-order valence-corrected chi connectivity index (χ4v) is 2.36. The predicted molar refractivity (Wildman–Crippen MR) is 80.9 cm³/mol. The number of anilines is 1. The first kappa shape index (κ1) is 19.9. The molecule has 0 radical (unpaired) electrons. The Hall–Kier alpha value is -2.40. The summed E-state index contributed by atoms with van der Waals surface area (Å²) in [4.78, 5) is 28.9. The number of ether oxygens (including phenoxy) is 1. The van der Waals surface area contributed by atoms with Crippen LogP contribution in [0.25, 0.3) is 0 Å². The summed E-state index contributed by atoms with van der Waals surface area (Å²) in [5, 5.41) is 5.67. The summed E-state index contributed by atoms with van der Waals surface area (Å²) < 4.78 is 56.3. The molecule has 0 aliphatic carbocycles. The lowest BCUT2D eigenvalue weighted by Crippen LogP contribution is -2.45. The monoisotopic (exact) mass is 381 g/mol. The minimum absolute atomic E-state index is 0.256. The Kier molecular flexibility index (Phi) is 5.42. The zero-order valence-electron chi connectivity index (χ0n) is 14.4. The summed E-state index contributed by atoms with van der Waals surface area (Å²) in [6.45, 7) is 3.19. The normalized spacial score (nSPS) is 21.0. The van der Waals surface area contributed by atoms with Crippen LogP contribution in [0.2, 0.25) is 0 Å². The first-order valence-electron chi connectivity index (χ1n) is 7.75. The lowest BCUT2D eigenvalue weighted by atomic mass is 10.2. The SMILES string of the molecule is CC(C)(C)OC(=O)N1C[C@H](F)C[C@H]1C(=O)Nc1ncn(CC(F)(F)F)n1. The van der Waals surface area contributed by atoms with E-state index in [1.807, 2.05) is 0 Å². The molecule has 0 saturated carbocycles. The summed E-state index contributed by atoms with van der Waals surface area (Å²) in [5.41, 5.74) is -0.829. The summed E-state index contributed by atoms with van der Waals surface area (Å²) in [5.74, 6) is -1.17. The van der Waals surface area contributed by atoms with Crippen molar-refractivity contribution in [3.63, 3.8) is 0 Å². The highest BCUT2D eigenvalue weighted by Crippen LogP contribution is 2.24. The van der Waals surface area contributed by atoms with E-state index in [9.17, 15) is 27.2 Å². The van der Waals surface area contributed by atoms with Crippen LogP contribution in [0, 0.1) is 0 Å². The van der Waals surface area contributed by atoms with Crippen LogP contribution in [-0.2, 0) is 16.1 Å². The fourth-order valence-electron chi connectivity index (χ4n) is 2.36. The van der Waals surface area contributed by atoms with Crippen LogP contribution in [0.3, 0.4) is 0 Å². The van der Waals surface area contributed by atoms with Gasteiger partial charge in [0.25, 0.3) is 0 Å². The van der Waals surface area contributed by atoms with Gasteiger partial charge in [0.05, 0.1) is 6.54 Å². The van der Waals surface area contributed by atoms with E-state index in [0.717, 1.165) is 11.2 Å². The number of hydrogen-bond donors (Lipinski definition) is 1. The second-order valence-electron chi connectivity index (χ2n) is 6.85. The van der Waals surface area contributed by atoms with Crippen molar-refractivity contribution >= 4 is 17.9 Å². The first-order valence-corrected chi connectivity index (χ1v) is 7.75. The Balaban J connectivity index is 2.04. The van der Waals surface area contributed by atoms with Crippen molar-refractivity contribution in [2.24, 2.45) is 0 Å². The number of carbonyl (C=O) groups is 2. The van der Waals surface area contributed by atoms with Gasteiger partial charge >= 0.3 is 12.3 Å². The molecule has 1 aliphatic rings. The van der Waals surface area contributed by atoms with Crippen molar-refractivity contribution < 1.29 is 31.9 Å². The molecule has 0 aromatic carbocycles. The highest BCUT2D eigenvalue weighted by atomic mass is 19.4. The summed E-state index contributed by atoms with van der Waals surface area (Å²) in [6.07, 6.45) is -6.21. The fraction of sp³-hybridized carbons (Fsp3) is 0.714. The molecule has 1 saturated heterocycles. The van der Waals surface area contributed by atoms with Crippen LogP contribution >= 0.6 is 0 Å². The summed E-state index contributed by atoms with van der Waals surface area (Å²) >= 11 is 0. The van der Waals surface area contributed by atoms with Crippen molar-refractivity contribution in [2.75, 3.05) is 11.9 Å². The van der Waals surface area contributed by atoms with E-state index in [1.165, 1.54) is 0 Å². The Bertz CT molecular complexity index is 670. The largest absolute Gasteiger partial charge is 0.444 e. The molecule has 1 N–H and O–H groups in total. The van der Waals surface area contributed by atoms with Crippen LogP contribution in [0.15, 0.2) is 6.33 Å². The maximum atomic E-state index is 13.7. The van der Waals surface area contributed by atoms with Crippen molar-refractivity contribution in [3.8, 4) is 0 Å². The minimum atomic E-state index is -4.49. The Morgan fingerprint density at radius 1 is 1.35 bits per heavy atom. The number of amides is 2. The Labute approximate surface area is 146 Å². The average Bonchev–Trinajstić information content (AvgIpc) is 3.01. The summed E-state index contributed by atoms with van der Waals surface area (Å²) in [7, 11) is 0. The number of carbonyl (C=O) groups excluding carboxylic acids is 2. The number of likely N-dealkylation sites (tertiary alicyclic amines) is 1. The number of halogens is 4. The van der Waals surface area contributed by atoms with Crippen molar-refractivity contribution in [3.05, 3.63) is 6.33 Å². The van der Waals surface area contributed by atoms with Gasteiger partial charge in [-0.15, -0.1) is 5.10 Å². The van der Waals surface area contributed by atoms with E-state index in [0.29, 0.717) is 4.68 Å². The molecule has 2 heterocycles. The van der Waals surface area contributed by atoms with Gasteiger partial charge in [-0.3, -0.25) is 15.0 Å². The third kappa shape index (κ3) is 5.56. The standard InChI is InChI=1S/C14H19F4N5O3/c1-13(2,3)26-12(25)23-5-8(15)4-9(23)10(24)20-11-19-7-22(21-11)6-14(16,17)18/h7-9H,4-6H2,1-3H3,(H,20,21,24)/t8-,9+/m1/s1. The minimum Gasteiger partial charge on any atom is -0.444 e. The number of hydrogen-bond acceptors (Lipinski definition) is 5. The number of alkyl halides is 4. The van der Waals surface area contributed by atoms with Crippen molar-refractivity contribution in [1.82, 2.24) is 19.7 Å². The van der Waals surface area contributed by atoms with E-state index in [1.54, 1.807) is 20.8 Å². The molecule has 2 atom stereocenters. The maximum Gasteiger partial charge on any atom is 0.411 e. The topological polar surface area (TPSA) is 89.4 Å². The third-order valence-corrected chi connectivity index (χ3v) is 3.29. The van der Waals surface area contributed by atoms with Crippen LogP contribution in [0.5, 0.6) is 0 Å². The molecule has 12 heteroatoms. The molecule has 146 valence electrons. The molecule has 0 unspecified atom stereocenters. The highest BCUT2D eigenvalue weighted by Gasteiger charge is 2.42. The van der Waals surface area contributed by atoms with Gasteiger partial charge in [0.15, 0.2) is 0 Å². The van der Waals surface area contributed by atoms with Crippen LogP contribution in [0.1, 0.15) is 27.2 Å². The molecule has 1 aliphatic heterocycles. The molecule has 2 amide bonds. The predicted octanol–water partition coefficient (Wildman–Crippen LogP) is 2.13. The Morgan fingerprint density at radius 2 is 2.00 bits per heavy atom. The van der Waals surface area contributed by atoms with E-state index in [-0.39, 0.29) is 18.9 Å². The van der Waals surface area contributed by atoms with E-state index >= 15 is 0 Å². The van der Waals surface area contributed by atoms with Crippen LogP contribution in [0.4, 0.5) is 28.3 Å². The lowest BCUT2D eigenvalue weighted by molar-refractivity contribution is -0.142. The molecule has 2 rings (SSSR count). The quantitative estimate of drug-likeness (QED) is 0.811. The third-order valence-electron chi connectivity index (χ3n) is 3.29. The van der Waals surface area contributed by atoms with Gasteiger partial charge in [-0.25, -0.2) is 18.9 Å². The lowest BCUT2D eigenvalue weighted by Gasteiger charge is -2.27. The van der Waals surface area contributed by atoms with Gasteiger partial charge in [-0.05, 0) is 20.8 Å². The number of nitrogens with zero attached hydrogens (tertiary/aromatic N) is 4. The molecule has 1 aromatic rings. The first-order chi connectivity index (χ1) is 11.8. The van der Waals surface area contributed by atoms with Gasteiger partial charge in [-0.2, -0.15) is 13.2 Å². The zero-order valence-corrected chi connectivity index (χ0v) is 14.4. The molecular weight excluding hydrogens is 362 g/mol. The molecule has 8 nitrogen and oxygen atoms in total. The number of nitrogens with one attached hydrogen (secondary N) is 1. The van der Waals surface area contributed by atoms with E-state index in [4.69, 9.17) is 4.74 Å². The van der Waals surface area contributed by atoms with Crippen LogP contribution < -0.4 is 5.32 Å². The molecule has 0 bridgehead atoms. The molecular formula is C14H19F4N5O3.